The van der Waals surface area contributed by atoms with Gasteiger partial charge in [-0.2, -0.15) is 0 Å². The molecule has 2 heterocycles. The highest BCUT2D eigenvalue weighted by Gasteiger charge is 2.45. The molecule has 35 heavy (non-hydrogen) atoms. The van der Waals surface area contributed by atoms with Crippen LogP contribution in [0.1, 0.15) is 57.2 Å². The van der Waals surface area contributed by atoms with Crippen LogP contribution in [0.25, 0.3) is 44.3 Å². The van der Waals surface area contributed by atoms with E-state index in [9.17, 15) is 0 Å². The zero-order chi connectivity index (χ0) is 24.3. The summed E-state index contributed by atoms with van der Waals surface area (Å²) in [5.41, 5.74) is 10.8. The molecule has 0 amide bonds. The van der Waals surface area contributed by atoms with E-state index in [4.69, 9.17) is 4.42 Å². The highest BCUT2D eigenvalue weighted by Crippen LogP contribution is 2.58. The first-order valence-electron chi connectivity index (χ1n) is 12.9. The van der Waals surface area contributed by atoms with Crippen LogP contribution in [0.3, 0.4) is 0 Å². The molecule has 0 radical (unpaired) electrons. The van der Waals surface area contributed by atoms with Gasteiger partial charge in [-0.3, -0.25) is 4.98 Å². The molecule has 2 aromatic heterocycles. The summed E-state index contributed by atoms with van der Waals surface area (Å²) in [5, 5.41) is 2.48. The maximum atomic E-state index is 6.67. The summed E-state index contributed by atoms with van der Waals surface area (Å²) in [6, 6.07) is 24.3. The predicted molar refractivity (Wildman–Crippen MR) is 147 cm³/mol. The van der Waals surface area contributed by atoms with E-state index < -0.39 is 0 Å². The summed E-state index contributed by atoms with van der Waals surface area (Å²) in [5.74, 6) is 1.15. The maximum absolute atomic E-state index is 6.67. The van der Waals surface area contributed by atoms with Gasteiger partial charge in [0.05, 0.1) is 5.69 Å². The van der Waals surface area contributed by atoms with Gasteiger partial charge < -0.3 is 4.42 Å². The fourth-order valence-corrected chi connectivity index (χ4v) is 6.67. The summed E-state index contributed by atoms with van der Waals surface area (Å²) in [7, 11) is 0. The number of pyridine rings is 1. The molecule has 0 spiro atoms. The standard InChI is InChI=1S/C33H33NO/c1-20(2)18-33(19-21(3)4)27-12-7-6-9-23(27)24-13-14-29-30(31(24)33)26-11-8-10-25(32(26)35-29)28-17-22(5)15-16-34-28/h6-17,20-21H,18-19H2,1-5H3. The Balaban J connectivity index is 1.73. The van der Waals surface area contributed by atoms with Crippen LogP contribution in [0, 0.1) is 18.8 Å². The molecule has 0 unspecified atom stereocenters. The first kappa shape index (κ1) is 22.1. The Bertz CT molecular complexity index is 1560. The summed E-state index contributed by atoms with van der Waals surface area (Å²) in [4.78, 5) is 4.68. The largest absolute Gasteiger partial charge is 0.455 e. The molecule has 0 saturated carbocycles. The molecule has 0 saturated heterocycles. The number of hydrogen-bond acceptors (Lipinski definition) is 2. The van der Waals surface area contributed by atoms with Crippen LogP contribution in [0.15, 0.2) is 77.3 Å². The van der Waals surface area contributed by atoms with E-state index in [1.807, 2.05) is 12.3 Å². The second kappa shape index (κ2) is 8.09. The fourth-order valence-electron chi connectivity index (χ4n) is 6.67. The SMILES string of the molecule is Cc1ccnc(-c2cccc3c2oc2ccc4c(c23)C(CC(C)C)(CC(C)C)c2ccccc2-4)c1. The number of rotatable bonds is 5. The van der Waals surface area contributed by atoms with E-state index in [0.717, 1.165) is 35.3 Å². The van der Waals surface area contributed by atoms with Crippen molar-refractivity contribution in [3.8, 4) is 22.4 Å². The molecule has 176 valence electrons. The molecule has 1 aliphatic rings. The Morgan fingerprint density at radius 3 is 2.29 bits per heavy atom. The average Bonchev–Trinajstić information content (AvgIpc) is 3.32. The normalized spacial score (nSPS) is 14.3. The van der Waals surface area contributed by atoms with Crippen molar-refractivity contribution in [3.05, 3.63) is 89.6 Å². The van der Waals surface area contributed by atoms with Gasteiger partial charge >= 0.3 is 0 Å². The molecule has 6 rings (SSSR count). The fraction of sp³-hybridized carbons (Fsp3) is 0.303. The van der Waals surface area contributed by atoms with Crippen molar-refractivity contribution in [2.24, 2.45) is 11.8 Å². The van der Waals surface area contributed by atoms with Gasteiger partial charge in [0, 0.05) is 27.9 Å². The molecule has 2 heteroatoms. The zero-order valence-electron chi connectivity index (χ0n) is 21.4. The lowest BCUT2D eigenvalue weighted by atomic mass is 9.67. The van der Waals surface area contributed by atoms with Crippen molar-refractivity contribution in [2.45, 2.75) is 52.9 Å². The van der Waals surface area contributed by atoms with Crippen molar-refractivity contribution >= 4 is 21.9 Å². The lowest BCUT2D eigenvalue weighted by Gasteiger charge is -2.36. The second-order valence-electron chi connectivity index (χ2n) is 11.2. The van der Waals surface area contributed by atoms with Crippen molar-refractivity contribution in [2.75, 3.05) is 0 Å². The van der Waals surface area contributed by atoms with Gasteiger partial charge in [0.25, 0.3) is 0 Å². The van der Waals surface area contributed by atoms with Crippen molar-refractivity contribution in [1.29, 1.82) is 0 Å². The molecule has 0 fully saturated rings. The van der Waals surface area contributed by atoms with Crippen molar-refractivity contribution in [1.82, 2.24) is 4.98 Å². The lowest BCUT2D eigenvalue weighted by molar-refractivity contribution is 0.339. The van der Waals surface area contributed by atoms with E-state index in [1.165, 1.54) is 38.6 Å². The van der Waals surface area contributed by atoms with Crippen LogP contribution in [0.4, 0.5) is 0 Å². The van der Waals surface area contributed by atoms with Crippen LogP contribution in [-0.2, 0) is 5.41 Å². The number of fused-ring (bicyclic) bond motifs is 7. The Morgan fingerprint density at radius 2 is 1.54 bits per heavy atom. The smallest absolute Gasteiger partial charge is 0.144 e. The maximum Gasteiger partial charge on any atom is 0.144 e. The van der Waals surface area contributed by atoms with Crippen LogP contribution in [0.2, 0.25) is 0 Å². The second-order valence-corrected chi connectivity index (χ2v) is 11.2. The minimum atomic E-state index is -0.0256. The molecule has 0 atom stereocenters. The average molecular weight is 460 g/mol. The van der Waals surface area contributed by atoms with Gasteiger partial charge in [0.2, 0.25) is 0 Å². The monoisotopic (exact) mass is 459 g/mol. The molecular weight excluding hydrogens is 426 g/mol. The highest BCUT2D eigenvalue weighted by molar-refractivity contribution is 6.14. The Labute approximate surface area is 208 Å². The van der Waals surface area contributed by atoms with E-state index >= 15 is 0 Å². The minimum absolute atomic E-state index is 0.0256. The molecule has 5 aromatic rings. The summed E-state index contributed by atoms with van der Waals surface area (Å²) in [6.07, 6.45) is 4.14. The number of para-hydroxylation sites is 1. The Morgan fingerprint density at radius 1 is 0.800 bits per heavy atom. The van der Waals surface area contributed by atoms with Crippen LogP contribution >= 0.6 is 0 Å². The predicted octanol–water partition coefficient (Wildman–Crippen LogP) is 9.32. The van der Waals surface area contributed by atoms with Gasteiger partial charge in [-0.05, 0) is 83.7 Å². The first-order valence-corrected chi connectivity index (χ1v) is 12.9. The summed E-state index contributed by atoms with van der Waals surface area (Å²) < 4.78 is 6.67. The number of benzene rings is 3. The number of aromatic nitrogens is 1. The summed E-state index contributed by atoms with van der Waals surface area (Å²) >= 11 is 0. The van der Waals surface area contributed by atoms with Gasteiger partial charge in [-0.1, -0.05) is 70.2 Å². The van der Waals surface area contributed by atoms with Crippen LogP contribution in [-0.4, -0.2) is 4.98 Å². The quantitative estimate of drug-likeness (QED) is 0.262. The molecule has 0 bridgehead atoms. The van der Waals surface area contributed by atoms with E-state index in [-0.39, 0.29) is 5.41 Å². The Hall–Kier alpha value is -3.39. The van der Waals surface area contributed by atoms with Crippen molar-refractivity contribution < 1.29 is 4.42 Å². The molecule has 3 aromatic carbocycles. The minimum Gasteiger partial charge on any atom is -0.455 e. The van der Waals surface area contributed by atoms with E-state index in [0.29, 0.717) is 11.8 Å². The number of nitrogens with zero attached hydrogens (tertiary/aromatic N) is 1. The Kier molecular flexibility index (Phi) is 5.11. The molecule has 0 aliphatic heterocycles. The highest BCUT2D eigenvalue weighted by atomic mass is 16.3. The van der Waals surface area contributed by atoms with Crippen molar-refractivity contribution in [3.63, 3.8) is 0 Å². The molecule has 0 N–H and O–H groups in total. The van der Waals surface area contributed by atoms with Gasteiger partial charge in [-0.25, -0.2) is 0 Å². The van der Waals surface area contributed by atoms with Gasteiger partial charge in [0.15, 0.2) is 0 Å². The third-order valence-electron chi connectivity index (χ3n) is 7.58. The van der Waals surface area contributed by atoms with Crippen LogP contribution in [0.5, 0.6) is 0 Å². The first-order chi connectivity index (χ1) is 16.9. The van der Waals surface area contributed by atoms with Crippen LogP contribution < -0.4 is 0 Å². The lowest BCUT2D eigenvalue weighted by Crippen LogP contribution is -2.29. The van der Waals surface area contributed by atoms with E-state index in [1.54, 1.807) is 0 Å². The number of furan rings is 1. The third kappa shape index (κ3) is 3.34. The molecular formula is C33H33NO. The zero-order valence-corrected chi connectivity index (χ0v) is 21.4. The van der Waals surface area contributed by atoms with Gasteiger partial charge in [-0.15, -0.1) is 0 Å². The third-order valence-corrected chi connectivity index (χ3v) is 7.58. The molecule has 2 nitrogen and oxygen atoms in total. The molecule has 1 aliphatic carbocycles. The number of aryl methyl sites for hydroxylation is 1. The van der Waals surface area contributed by atoms with E-state index in [2.05, 4.69) is 100 Å². The number of hydrogen-bond donors (Lipinski definition) is 0. The topological polar surface area (TPSA) is 26.0 Å². The summed E-state index contributed by atoms with van der Waals surface area (Å²) in [6.45, 7) is 11.5. The van der Waals surface area contributed by atoms with Gasteiger partial charge in [0.1, 0.15) is 11.2 Å².